The van der Waals surface area contributed by atoms with Gasteiger partial charge >= 0.3 is 6.03 Å². The highest BCUT2D eigenvalue weighted by Gasteiger charge is 2.26. The lowest BCUT2D eigenvalue weighted by atomic mass is 9.98. The van der Waals surface area contributed by atoms with Crippen LogP contribution in [0.4, 0.5) is 10.5 Å². The van der Waals surface area contributed by atoms with Gasteiger partial charge in [-0.2, -0.15) is 0 Å². The number of aromatic nitrogens is 2. The smallest absolute Gasteiger partial charge is 0.321 e. The summed E-state index contributed by atoms with van der Waals surface area (Å²) < 4.78 is 12.5. The van der Waals surface area contributed by atoms with Crippen LogP contribution in [0.2, 0.25) is 0 Å². The van der Waals surface area contributed by atoms with E-state index in [1.165, 1.54) is 0 Å². The lowest BCUT2D eigenvalue weighted by molar-refractivity contribution is 0.191. The molecule has 1 saturated heterocycles. The molecule has 2 N–H and O–H groups in total. The molecule has 6 nitrogen and oxygen atoms in total. The topological polar surface area (TPSA) is 78.1 Å². The molecule has 1 aliphatic rings. The van der Waals surface area contributed by atoms with Crippen LogP contribution in [0.5, 0.6) is 0 Å². The van der Waals surface area contributed by atoms with E-state index in [0.29, 0.717) is 18.1 Å². The highest BCUT2D eigenvalue weighted by atomic mass is 32.2. The van der Waals surface area contributed by atoms with Gasteiger partial charge in [-0.3, -0.25) is 4.21 Å². The van der Waals surface area contributed by atoms with Gasteiger partial charge in [0.1, 0.15) is 5.82 Å². The number of amides is 2. The third-order valence-corrected chi connectivity index (χ3v) is 6.60. The average molecular weight is 423 g/mol. The molecule has 0 spiro atoms. The van der Waals surface area contributed by atoms with E-state index in [0.717, 1.165) is 42.0 Å². The number of benzene rings is 2. The van der Waals surface area contributed by atoms with Crippen molar-refractivity contribution in [2.24, 2.45) is 0 Å². The first-order valence-corrected chi connectivity index (χ1v) is 11.7. The molecule has 2 atom stereocenters. The zero-order valence-corrected chi connectivity index (χ0v) is 17.6. The lowest BCUT2D eigenvalue weighted by Crippen LogP contribution is -2.41. The number of anilines is 1. The summed E-state index contributed by atoms with van der Waals surface area (Å²) in [7, 11) is -1.00. The van der Waals surface area contributed by atoms with Crippen LogP contribution in [0.25, 0.3) is 0 Å². The van der Waals surface area contributed by atoms with Gasteiger partial charge in [0.25, 0.3) is 0 Å². The molecule has 0 aliphatic carbocycles. The van der Waals surface area contributed by atoms with Crippen molar-refractivity contribution < 1.29 is 9.00 Å². The number of piperidine rings is 1. The number of carbonyl (C=O) groups excluding carboxylic acids is 1. The van der Waals surface area contributed by atoms with Crippen molar-refractivity contribution in [3.8, 4) is 0 Å². The van der Waals surface area contributed by atoms with Gasteiger partial charge in [-0.05, 0) is 36.1 Å². The van der Waals surface area contributed by atoms with Gasteiger partial charge in [0.05, 0.1) is 0 Å². The fourth-order valence-electron chi connectivity index (χ4n) is 3.82. The number of aromatic amines is 1. The largest absolute Gasteiger partial charge is 0.348 e. The van der Waals surface area contributed by atoms with Crippen molar-refractivity contribution >= 4 is 22.5 Å². The maximum atomic E-state index is 12.8. The van der Waals surface area contributed by atoms with Gasteiger partial charge in [-0.1, -0.05) is 42.5 Å². The van der Waals surface area contributed by atoms with Crippen LogP contribution < -0.4 is 5.32 Å². The number of hydrogen-bond donors (Lipinski definition) is 2. The second kappa shape index (κ2) is 9.71. The number of urea groups is 1. The standard InChI is InChI=1S/C23H26N4O2S/c28-23(27-13-5-9-20(15-27)22-24-11-12-25-22)26-21-10-4-8-19(14-21)17-30(29)16-18-6-2-1-3-7-18/h1-4,6-8,10-12,14,20H,5,9,13,15-17H2,(H,24,25)(H,26,28). The number of nitrogens with zero attached hydrogens (tertiary/aromatic N) is 2. The number of nitrogens with one attached hydrogen (secondary N) is 2. The van der Waals surface area contributed by atoms with E-state index < -0.39 is 10.8 Å². The Morgan fingerprint density at radius 3 is 2.73 bits per heavy atom. The molecule has 0 bridgehead atoms. The van der Waals surface area contributed by atoms with E-state index in [9.17, 15) is 9.00 Å². The predicted molar refractivity (Wildman–Crippen MR) is 120 cm³/mol. The second-order valence-electron chi connectivity index (χ2n) is 7.60. The maximum Gasteiger partial charge on any atom is 0.321 e. The minimum absolute atomic E-state index is 0.103. The van der Waals surface area contributed by atoms with Gasteiger partial charge in [-0.15, -0.1) is 0 Å². The molecule has 156 valence electrons. The van der Waals surface area contributed by atoms with Gasteiger partial charge in [0, 0.05) is 59.4 Å². The predicted octanol–water partition coefficient (Wildman–Crippen LogP) is 4.27. The van der Waals surface area contributed by atoms with Crippen molar-refractivity contribution in [3.05, 3.63) is 83.9 Å². The highest BCUT2D eigenvalue weighted by molar-refractivity contribution is 7.83. The molecule has 2 aromatic carbocycles. The Morgan fingerprint density at radius 2 is 1.93 bits per heavy atom. The summed E-state index contributed by atoms with van der Waals surface area (Å²) in [6, 6.07) is 17.4. The van der Waals surface area contributed by atoms with E-state index >= 15 is 0 Å². The Labute approximate surface area is 179 Å². The molecule has 0 radical (unpaired) electrons. The van der Waals surface area contributed by atoms with E-state index in [2.05, 4.69) is 15.3 Å². The Morgan fingerprint density at radius 1 is 1.13 bits per heavy atom. The molecular formula is C23H26N4O2S. The molecule has 2 unspecified atom stereocenters. The van der Waals surface area contributed by atoms with Gasteiger partial charge < -0.3 is 15.2 Å². The molecule has 0 saturated carbocycles. The van der Waals surface area contributed by atoms with Crippen LogP contribution in [-0.2, 0) is 22.3 Å². The summed E-state index contributed by atoms with van der Waals surface area (Å²) >= 11 is 0. The van der Waals surface area contributed by atoms with E-state index in [-0.39, 0.29) is 11.9 Å². The summed E-state index contributed by atoms with van der Waals surface area (Å²) in [4.78, 5) is 22.1. The van der Waals surface area contributed by atoms with E-state index in [1.54, 1.807) is 6.20 Å². The van der Waals surface area contributed by atoms with Crippen molar-refractivity contribution in [2.45, 2.75) is 30.3 Å². The van der Waals surface area contributed by atoms with Crippen LogP contribution in [0, 0.1) is 0 Å². The van der Waals surface area contributed by atoms with Crippen molar-refractivity contribution in [3.63, 3.8) is 0 Å². The first-order chi connectivity index (χ1) is 14.7. The quantitative estimate of drug-likeness (QED) is 0.623. The lowest BCUT2D eigenvalue weighted by Gasteiger charge is -2.31. The van der Waals surface area contributed by atoms with Crippen molar-refractivity contribution in [2.75, 3.05) is 18.4 Å². The van der Waals surface area contributed by atoms with Crippen LogP contribution >= 0.6 is 0 Å². The molecular weight excluding hydrogens is 396 g/mol. The number of rotatable bonds is 6. The number of imidazole rings is 1. The molecule has 4 rings (SSSR count). The normalized spacial score (nSPS) is 17.5. The van der Waals surface area contributed by atoms with Crippen LogP contribution in [0.3, 0.4) is 0 Å². The summed E-state index contributed by atoms with van der Waals surface area (Å²) in [5, 5.41) is 3.00. The van der Waals surface area contributed by atoms with E-state index in [1.807, 2.05) is 65.7 Å². The van der Waals surface area contributed by atoms with Gasteiger partial charge in [0.15, 0.2) is 0 Å². The molecule has 2 heterocycles. The minimum atomic E-state index is -1.00. The molecule has 1 fully saturated rings. The van der Waals surface area contributed by atoms with Crippen molar-refractivity contribution in [1.82, 2.24) is 14.9 Å². The van der Waals surface area contributed by atoms with Crippen LogP contribution in [-0.4, -0.2) is 38.2 Å². The monoisotopic (exact) mass is 422 g/mol. The Kier molecular flexibility index (Phi) is 6.59. The fourth-order valence-corrected chi connectivity index (χ4v) is 5.04. The highest BCUT2D eigenvalue weighted by Crippen LogP contribution is 2.25. The summed E-state index contributed by atoms with van der Waals surface area (Å²) in [6.45, 7) is 1.39. The Balaban J connectivity index is 1.34. The summed E-state index contributed by atoms with van der Waals surface area (Å²) in [5.74, 6) is 2.17. The van der Waals surface area contributed by atoms with Gasteiger partial charge in [-0.25, -0.2) is 9.78 Å². The second-order valence-corrected chi connectivity index (χ2v) is 9.06. The van der Waals surface area contributed by atoms with Gasteiger partial charge in [0.2, 0.25) is 0 Å². The average Bonchev–Trinajstić information content (AvgIpc) is 3.30. The zero-order valence-electron chi connectivity index (χ0n) is 16.8. The molecule has 2 amide bonds. The molecule has 3 aromatic rings. The van der Waals surface area contributed by atoms with Crippen molar-refractivity contribution in [1.29, 1.82) is 0 Å². The maximum absolute atomic E-state index is 12.8. The SMILES string of the molecule is O=C(Nc1cccc(CS(=O)Cc2ccccc2)c1)N1CCCC(c2ncc[nH]2)C1. The first kappa shape index (κ1) is 20.3. The number of hydrogen-bond acceptors (Lipinski definition) is 3. The third kappa shape index (κ3) is 5.36. The Bertz CT molecular complexity index is 991. The number of H-pyrrole nitrogens is 1. The summed E-state index contributed by atoms with van der Waals surface area (Å²) in [6.07, 6.45) is 5.56. The first-order valence-electron chi connectivity index (χ1n) is 10.2. The van der Waals surface area contributed by atoms with E-state index in [4.69, 9.17) is 0 Å². The molecule has 1 aromatic heterocycles. The van der Waals surface area contributed by atoms with Crippen LogP contribution in [0.15, 0.2) is 67.0 Å². The number of carbonyl (C=O) groups is 1. The number of likely N-dealkylation sites (tertiary alicyclic amines) is 1. The minimum Gasteiger partial charge on any atom is -0.348 e. The molecule has 1 aliphatic heterocycles. The summed E-state index contributed by atoms with van der Waals surface area (Å²) in [5.41, 5.74) is 2.75. The van der Waals surface area contributed by atoms with Crippen LogP contribution in [0.1, 0.15) is 35.7 Å². The third-order valence-electron chi connectivity index (χ3n) is 5.29. The molecule has 7 heteroatoms. The molecule has 30 heavy (non-hydrogen) atoms. The Hall–Kier alpha value is -2.93. The fraction of sp³-hybridized carbons (Fsp3) is 0.304. The zero-order chi connectivity index (χ0) is 20.8.